The zero-order chi connectivity index (χ0) is 18.4. The van der Waals surface area contributed by atoms with Gasteiger partial charge in [-0.2, -0.15) is 5.48 Å². The van der Waals surface area contributed by atoms with Crippen molar-refractivity contribution in [2.24, 2.45) is 0 Å². The van der Waals surface area contributed by atoms with Crippen LogP contribution < -0.4 is 15.5 Å². The molecule has 0 atom stereocenters. The van der Waals surface area contributed by atoms with E-state index in [-0.39, 0.29) is 5.91 Å². The third-order valence-corrected chi connectivity index (χ3v) is 4.84. The van der Waals surface area contributed by atoms with Crippen LogP contribution in [0.15, 0.2) is 82.2 Å². The predicted molar refractivity (Wildman–Crippen MR) is 108 cm³/mol. The summed E-state index contributed by atoms with van der Waals surface area (Å²) in [6, 6.07) is 22.2. The van der Waals surface area contributed by atoms with Gasteiger partial charge in [0.05, 0.1) is 0 Å². The minimum absolute atomic E-state index is 0.159. The number of hydrogen-bond donors (Lipinski definition) is 4. The van der Waals surface area contributed by atoms with Crippen LogP contribution in [0.5, 0.6) is 0 Å². The highest BCUT2D eigenvalue weighted by atomic mass is 79.9. The first-order valence-corrected chi connectivity index (χ1v) is 9.42. The van der Waals surface area contributed by atoms with Crippen LogP contribution in [-0.2, 0) is 0 Å². The van der Waals surface area contributed by atoms with Gasteiger partial charge in [-0.15, -0.1) is 0 Å². The molecule has 0 radical (unpaired) electrons. The molecule has 3 rings (SSSR count). The molecule has 5 N–H and O–H groups in total. The van der Waals surface area contributed by atoms with Gasteiger partial charge in [0.1, 0.15) is 0 Å². The molecule has 132 valence electrons. The van der Waals surface area contributed by atoms with Crippen molar-refractivity contribution in [1.82, 2.24) is 0 Å². The molecule has 1 amide bonds. The fraction of sp³-hybridized carbons (Fsp3) is 0. The van der Waals surface area contributed by atoms with Crippen LogP contribution in [-0.4, -0.2) is 11.1 Å². The first kappa shape index (κ1) is 18.5. The predicted octanol–water partition coefficient (Wildman–Crippen LogP) is 4.40. The Morgan fingerprint density at radius 1 is 0.962 bits per heavy atom. The zero-order valence-corrected chi connectivity index (χ0v) is 16.0. The minimum Gasteiger partial charge on any atom is -0.326 e. The summed E-state index contributed by atoms with van der Waals surface area (Å²) in [6.45, 7) is 0. The van der Waals surface area contributed by atoms with E-state index >= 15 is 0 Å². The Bertz CT molecular complexity index is 903. The van der Waals surface area contributed by atoms with E-state index in [4.69, 9.17) is 5.21 Å². The van der Waals surface area contributed by atoms with Gasteiger partial charge in [0.15, 0.2) is 5.69 Å². The lowest BCUT2D eigenvalue weighted by Crippen LogP contribution is -2.73. The van der Waals surface area contributed by atoms with Crippen molar-refractivity contribution in [3.05, 3.63) is 82.8 Å². The maximum absolute atomic E-state index is 12.3. The highest BCUT2D eigenvalue weighted by Crippen LogP contribution is 2.23. The first-order valence-electron chi connectivity index (χ1n) is 7.81. The Labute approximate surface area is 164 Å². The molecule has 7 heteroatoms. The van der Waals surface area contributed by atoms with Crippen LogP contribution in [0.3, 0.4) is 0 Å². The third-order valence-electron chi connectivity index (χ3n) is 3.52. The SMILES string of the molecule is O=C(Nc1cccc(Br)c1)c1ccc(NSc2cccc([NH2+]O)c2)cc1. The van der Waals surface area contributed by atoms with Crippen LogP contribution >= 0.6 is 27.9 Å². The van der Waals surface area contributed by atoms with E-state index in [2.05, 4.69) is 26.0 Å². The molecule has 0 saturated heterocycles. The van der Waals surface area contributed by atoms with Crippen molar-refractivity contribution in [1.29, 1.82) is 0 Å². The molecule has 0 aliphatic heterocycles. The maximum Gasteiger partial charge on any atom is 0.255 e. The second-order valence-electron chi connectivity index (χ2n) is 5.45. The standard InChI is InChI=1S/C19H16BrN3O2S/c20-14-3-1-4-16(11-14)21-19(24)13-7-9-15(10-8-13)23-26-18-6-2-5-17(12-18)22-25/h1-12,22-23,25H,(H,21,24)/p+1. The largest absolute Gasteiger partial charge is 0.326 e. The second-order valence-corrected chi connectivity index (χ2v) is 7.24. The topological polar surface area (TPSA) is 78.0 Å². The molecule has 0 aliphatic rings. The minimum atomic E-state index is -0.159. The zero-order valence-electron chi connectivity index (χ0n) is 13.6. The van der Waals surface area contributed by atoms with Crippen molar-refractivity contribution in [2.45, 2.75) is 4.90 Å². The van der Waals surface area contributed by atoms with Crippen molar-refractivity contribution in [3.63, 3.8) is 0 Å². The monoisotopic (exact) mass is 430 g/mol. The fourth-order valence-corrected chi connectivity index (χ4v) is 3.35. The average Bonchev–Trinajstić information content (AvgIpc) is 2.67. The summed E-state index contributed by atoms with van der Waals surface area (Å²) < 4.78 is 4.13. The smallest absolute Gasteiger partial charge is 0.255 e. The van der Waals surface area contributed by atoms with Crippen LogP contribution in [0.2, 0.25) is 0 Å². The van der Waals surface area contributed by atoms with Gasteiger partial charge < -0.3 is 10.0 Å². The Kier molecular flexibility index (Phi) is 6.30. The van der Waals surface area contributed by atoms with Crippen LogP contribution in [0, 0.1) is 0 Å². The molecular weight excluding hydrogens is 414 g/mol. The summed E-state index contributed by atoms with van der Waals surface area (Å²) in [5.41, 5.74) is 4.02. The Balaban J connectivity index is 1.60. The summed E-state index contributed by atoms with van der Waals surface area (Å²) in [6.07, 6.45) is 0. The highest BCUT2D eigenvalue weighted by Gasteiger charge is 2.06. The quantitative estimate of drug-likeness (QED) is 0.265. The van der Waals surface area contributed by atoms with Crippen molar-refractivity contribution < 1.29 is 15.5 Å². The van der Waals surface area contributed by atoms with E-state index in [0.717, 1.165) is 31.9 Å². The van der Waals surface area contributed by atoms with Crippen molar-refractivity contribution >= 4 is 50.8 Å². The number of carbonyl (C=O) groups is 1. The number of anilines is 2. The number of halogens is 1. The molecule has 0 aromatic heterocycles. The van der Waals surface area contributed by atoms with E-state index < -0.39 is 0 Å². The number of quaternary nitrogens is 1. The summed E-state index contributed by atoms with van der Waals surface area (Å²) in [5, 5.41) is 11.9. The number of benzene rings is 3. The van der Waals surface area contributed by atoms with E-state index in [1.807, 2.05) is 60.7 Å². The van der Waals surface area contributed by atoms with Gasteiger partial charge in [-0.1, -0.05) is 28.1 Å². The van der Waals surface area contributed by atoms with Gasteiger partial charge >= 0.3 is 0 Å². The number of rotatable bonds is 6. The average molecular weight is 431 g/mol. The first-order chi connectivity index (χ1) is 12.6. The number of hydrogen-bond acceptors (Lipinski definition) is 4. The summed E-state index contributed by atoms with van der Waals surface area (Å²) in [4.78, 5) is 13.3. The lowest BCUT2D eigenvalue weighted by atomic mass is 10.2. The molecule has 0 bridgehead atoms. The van der Waals surface area contributed by atoms with Crippen LogP contribution in [0.25, 0.3) is 0 Å². The Morgan fingerprint density at radius 2 is 1.73 bits per heavy atom. The number of nitrogens with two attached hydrogens (primary N) is 1. The fourth-order valence-electron chi connectivity index (χ4n) is 2.24. The van der Waals surface area contributed by atoms with Crippen molar-refractivity contribution in [2.75, 3.05) is 10.0 Å². The van der Waals surface area contributed by atoms with Gasteiger partial charge in [-0.05, 0) is 60.5 Å². The molecule has 0 fully saturated rings. The highest BCUT2D eigenvalue weighted by molar-refractivity contribution is 9.10. The molecular formula is C19H17BrN3O2S+. The van der Waals surface area contributed by atoms with E-state index in [0.29, 0.717) is 5.56 Å². The number of carbonyl (C=O) groups excluding carboxylic acids is 1. The van der Waals surface area contributed by atoms with E-state index in [1.54, 1.807) is 12.1 Å². The lowest BCUT2D eigenvalue weighted by molar-refractivity contribution is -0.825. The normalized spacial score (nSPS) is 10.4. The summed E-state index contributed by atoms with van der Waals surface area (Å²) in [7, 11) is 0. The molecule has 0 heterocycles. The molecule has 3 aromatic rings. The summed E-state index contributed by atoms with van der Waals surface area (Å²) >= 11 is 4.82. The van der Waals surface area contributed by atoms with E-state index in [9.17, 15) is 4.79 Å². The van der Waals surface area contributed by atoms with Gasteiger partial charge in [0, 0.05) is 38.4 Å². The lowest BCUT2D eigenvalue weighted by Gasteiger charge is -2.08. The Hall–Kier alpha value is -2.32. The molecule has 0 aliphatic carbocycles. The summed E-state index contributed by atoms with van der Waals surface area (Å²) in [5.74, 6) is -0.159. The molecule has 0 spiro atoms. The van der Waals surface area contributed by atoms with Crippen molar-refractivity contribution in [3.8, 4) is 0 Å². The van der Waals surface area contributed by atoms with Gasteiger partial charge in [0.25, 0.3) is 5.91 Å². The maximum atomic E-state index is 12.3. The molecule has 26 heavy (non-hydrogen) atoms. The molecule has 0 unspecified atom stereocenters. The second kappa shape index (κ2) is 8.86. The number of nitrogens with one attached hydrogen (secondary N) is 2. The van der Waals surface area contributed by atoms with E-state index in [1.165, 1.54) is 11.9 Å². The third kappa shape index (κ3) is 5.09. The van der Waals surface area contributed by atoms with Crippen LogP contribution in [0.1, 0.15) is 10.4 Å². The number of amides is 1. The van der Waals surface area contributed by atoms with Crippen LogP contribution in [0.4, 0.5) is 17.1 Å². The molecule has 3 aromatic carbocycles. The molecule has 5 nitrogen and oxygen atoms in total. The Morgan fingerprint density at radius 3 is 2.46 bits per heavy atom. The van der Waals surface area contributed by atoms with Gasteiger partial charge in [-0.3, -0.25) is 4.79 Å². The molecule has 0 saturated carbocycles. The van der Waals surface area contributed by atoms with Gasteiger partial charge in [-0.25, -0.2) is 5.21 Å². The van der Waals surface area contributed by atoms with Gasteiger partial charge in [0.2, 0.25) is 0 Å².